The topological polar surface area (TPSA) is 89.6 Å². The first-order valence-electron chi connectivity index (χ1n) is 7.63. The van der Waals surface area contributed by atoms with Crippen molar-refractivity contribution in [1.29, 1.82) is 0 Å². The van der Waals surface area contributed by atoms with Crippen molar-refractivity contribution in [3.8, 4) is 5.75 Å². The Balaban J connectivity index is 1.79. The fraction of sp³-hybridized carbons (Fsp3) is 0.167. The van der Waals surface area contributed by atoms with Crippen molar-refractivity contribution >= 4 is 39.4 Å². The maximum Gasteiger partial charge on any atom is 0.283 e. The van der Waals surface area contributed by atoms with Gasteiger partial charge in [0.2, 0.25) is 0 Å². The second kappa shape index (κ2) is 6.90. The molecule has 1 aromatic carbocycles. The first-order valence-corrected chi connectivity index (χ1v) is 8.45. The summed E-state index contributed by atoms with van der Waals surface area (Å²) in [6, 6.07) is 9.29. The molecule has 0 atom stereocenters. The molecule has 3 aromatic rings. The number of rotatable bonds is 4. The summed E-state index contributed by atoms with van der Waals surface area (Å²) in [6.45, 7) is 3.88. The van der Waals surface area contributed by atoms with Gasteiger partial charge in [-0.1, -0.05) is 0 Å². The number of nitrogens with two attached hydrogens (primary N) is 1. The largest absolute Gasteiger partial charge is 0.497 e. The van der Waals surface area contributed by atoms with Crippen LogP contribution in [0.1, 0.15) is 26.5 Å². The van der Waals surface area contributed by atoms with Crippen molar-refractivity contribution in [1.82, 2.24) is 10.4 Å². The molecule has 3 N–H and O–H groups in total. The minimum atomic E-state index is -0.345. The molecule has 3 rings (SSSR count). The second-order valence-corrected chi connectivity index (χ2v) is 6.58. The van der Waals surface area contributed by atoms with Crippen molar-refractivity contribution in [2.75, 3.05) is 12.8 Å². The lowest BCUT2D eigenvalue weighted by Crippen LogP contribution is -2.17. The Morgan fingerprint density at radius 3 is 2.72 bits per heavy atom. The summed E-state index contributed by atoms with van der Waals surface area (Å²) in [5.41, 5.74) is 11.9. The predicted molar refractivity (Wildman–Crippen MR) is 102 cm³/mol. The quantitative estimate of drug-likeness (QED) is 0.556. The van der Waals surface area contributed by atoms with Crippen LogP contribution in [0.2, 0.25) is 0 Å². The number of pyridine rings is 1. The van der Waals surface area contributed by atoms with Crippen LogP contribution in [-0.2, 0) is 0 Å². The summed E-state index contributed by atoms with van der Waals surface area (Å²) >= 11 is 1.27. The van der Waals surface area contributed by atoms with Crippen molar-refractivity contribution in [3.05, 3.63) is 52.0 Å². The van der Waals surface area contributed by atoms with Gasteiger partial charge in [-0.3, -0.25) is 4.79 Å². The minimum absolute atomic E-state index is 0.345. The van der Waals surface area contributed by atoms with Crippen LogP contribution in [0.3, 0.4) is 0 Å². The molecule has 128 valence electrons. The number of fused-ring (bicyclic) bond motifs is 1. The number of ether oxygens (including phenoxy) is 1. The number of aryl methyl sites for hydroxylation is 2. The fourth-order valence-corrected chi connectivity index (χ4v) is 3.65. The number of aromatic nitrogens is 1. The van der Waals surface area contributed by atoms with E-state index in [9.17, 15) is 4.79 Å². The Labute approximate surface area is 149 Å². The standard InChI is InChI=1S/C18H18N4O2S/c1-10-8-11(2)21-18-14(10)15(19)16(25-18)17(23)22-20-9-12-4-6-13(24-3)7-5-12/h4-9H,19H2,1-3H3,(H,22,23)/b20-9-. The van der Waals surface area contributed by atoms with Crippen LogP contribution in [0.4, 0.5) is 5.69 Å². The van der Waals surface area contributed by atoms with Gasteiger partial charge in [0.15, 0.2) is 0 Å². The third-order valence-corrected chi connectivity index (χ3v) is 4.82. The number of carbonyl (C=O) groups excluding carboxylic acids is 1. The van der Waals surface area contributed by atoms with Crippen LogP contribution in [-0.4, -0.2) is 24.2 Å². The van der Waals surface area contributed by atoms with E-state index >= 15 is 0 Å². The van der Waals surface area contributed by atoms with Crippen molar-refractivity contribution < 1.29 is 9.53 Å². The van der Waals surface area contributed by atoms with Gasteiger partial charge in [0.25, 0.3) is 5.91 Å². The molecule has 1 amide bonds. The van der Waals surface area contributed by atoms with Gasteiger partial charge in [-0.15, -0.1) is 11.3 Å². The number of nitrogen functional groups attached to an aromatic ring is 1. The molecule has 0 aliphatic rings. The number of hydrogen-bond donors (Lipinski definition) is 2. The summed E-state index contributed by atoms with van der Waals surface area (Å²) in [5, 5.41) is 4.82. The first-order chi connectivity index (χ1) is 12.0. The molecule has 0 aliphatic carbocycles. The summed E-state index contributed by atoms with van der Waals surface area (Å²) in [6.07, 6.45) is 1.56. The zero-order valence-corrected chi connectivity index (χ0v) is 15.0. The number of benzene rings is 1. The van der Waals surface area contributed by atoms with E-state index in [1.807, 2.05) is 44.2 Å². The zero-order valence-electron chi connectivity index (χ0n) is 14.2. The van der Waals surface area contributed by atoms with Gasteiger partial charge in [-0.05, 0) is 55.3 Å². The summed E-state index contributed by atoms with van der Waals surface area (Å²) in [4.78, 5) is 18.0. The molecule has 0 saturated heterocycles. The Morgan fingerprint density at radius 2 is 2.04 bits per heavy atom. The number of carbonyl (C=O) groups is 1. The minimum Gasteiger partial charge on any atom is -0.497 e. The Hall–Kier alpha value is -2.93. The molecule has 0 unspecified atom stereocenters. The third kappa shape index (κ3) is 3.46. The van der Waals surface area contributed by atoms with E-state index in [2.05, 4.69) is 15.5 Å². The summed E-state index contributed by atoms with van der Waals surface area (Å²) in [5.74, 6) is 0.416. The highest BCUT2D eigenvalue weighted by molar-refractivity contribution is 7.21. The van der Waals surface area contributed by atoms with Crippen LogP contribution in [0.15, 0.2) is 35.4 Å². The number of anilines is 1. The summed E-state index contributed by atoms with van der Waals surface area (Å²) in [7, 11) is 1.61. The van der Waals surface area contributed by atoms with Gasteiger partial charge in [0.1, 0.15) is 15.5 Å². The fourth-order valence-electron chi connectivity index (χ4n) is 2.54. The normalized spacial score (nSPS) is 11.2. The molecule has 0 bridgehead atoms. The molecule has 0 aliphatic heterocycles. The molecule has 7 heteroatoms. The highest BCUT2D eigenvalue weighted by atomic mass is 32.1. The molecule has 0 fully saturated rings. The van der Waals surface area contributed by atoms with E-state index in [1.165, 1.54) is 11.3 Å². The molecule has 6 nitrogen and oxygen atoms in total. The van der Waals surface area contributed by atoms with E-state index < -0.39 is 0 Å². The number of nitrogens with zero attached hydrogens (tertiary/aromatic N) is 2. The number of hydrazone groups is 1. The lowest BCUT2D eigenvalue weighted by molar-refractivity contribution is 0.0960. The average molecular weight is 354 g/mol. The van der Waals surface area contributed by atoms with E-state index in [-0.39, 0.29) is 5.91 Å². The van der Waals surface area contributed by atoms with Gasteiger partial charge in [-0.25, -0.2) is 10.4 Å². The van der Waals surface area contributed by atoms with Crippen LogP contribution >= 0.6 is 11.3 Å². The highest BCUT2D eigenvalue weighted by Gasteiger charge is 2.18. The molecule has 2 aromatic heterocycles. The average Bonchev–Trinajstić information content (AvgIpc) is 2.92. The van der Waals surface area contributed by atoms with Crippen molar-refractivity contribution in [2.24, 2.45) is 5.10 Å². The predicted octanol–water partition coefficient (Wildman–Crippen LogP) is 3.27. The number of thiophene rings is 1. The monoisotopic (exact) mass is 354 g/mol. The van der Waals surface area contributed by atoms with Gasteiger partial charge < -0.3 is 10.5 Å². The number of methoxy groups -OCH3 is 1. The maximum atomic E-state index is 12.4. The lowest BCUT2D eigenvalue weighted by atomic mass is 10.1. The molecular weight excluding hydrogens is 336 g/mol. The number of hydrogen-bond acceptors (Lipinski definition) is 6. The molecule has 25 heavy (non-hydrogen) atoms. The maximum absolute atomic E-state index is 12.4. The van der Waals surface area contributed by atoms with Crippen molar-refractivity contribution in [2.45, 2.75) is 13.8 Å². The molecule has 0 saturated carbocycles. The van der Waals surface area contributed by atoms with Crippen LogP contribution in [0, 0.1) is 13.8 Å². The smallest absolute Gasteiger partial charge is 0.283 e. The number of nitrogens with one attached hydrogen (secondary N) is 1. The SMILES string of the molecule is COc1ccc(/C=N\NC(=O)c2sc3nc(C)cc(C)c3c2N)cc1. The van der Waals surface area contributed by atoms with Gasteiger partial charge >= 0.3 is 0 Å². The highest BCUT2D eigenvalue weighted by Crippen LogP contribution is 2.34. The van der Waals surface area contributed by atoms with E-state index in [1.54, 1.807) is 13.3 Å². The lowest BCUT2D eigenvalue weighted by Gasteiger charge is -2.01. The summed E-state index contributed by atoms with van der Waals surface area (Å²) < 4.78 is 5.10. The second-order valence-electron chi connectivity index (χ2n) is 5.58. The van der Waals surface area contributed by atoms with E-state index in [0.29, 0.717) is 10.6 Å². The Kier molecular flexibility index (Phi) is 4.67. The van der Waals surface area contributed by atoms with E-state index in [0.717, 1.165) is 32.8 Å². The van der Waals surface area contributed by atoms with Gasteiger partial charge in [-0.2, -0.15) is 5.10 Å². The van der Waals surface area contributed by atoms with Crippen molar-refractivity contribution in [3.63, 3.8) is 0 Å². The van der Waals surface area contributed by atoms with Crippen LogP contribution < -0.4 is 15.9 Å². The Morgan fingerprint density at radius 1 is 1.32 bits per heavy atom. The zero-order chi connectivity index (χ0) is 18.0. The van der Waals surface area contributed by atoms with Gasteiger partial charge in [0.05, 0.1) is 19.0 Å². The molecule has 0 radical (unpaired) electrons. The molecule has 0 spiro atoms. The molecular formula is C18H18N4O2S. The number of amides is 1. The third-order valence-electron chi connectivity index (χ3n) is 3.73. The van der Waals surface area contributed by atoms with Crippen LogP contribution in [0.5, 0.6) is 5.75 Å². The van der Waals surface area contributed by atoms with E-state index in [4.69, 9.17) is 10.5 Å². The van der Waals surface area contributed by atoms with Gasteiger partial charge in [0, 0.05) is 11.1 Å². The molecule has 2 heterocycles. The van der Waals surface area contributed by atoms with Crippen LogP contribution in [0.25, 0.3) is 10.2 Å². The first kappa shape index (κ1) is 16.9. The Bertz CT molecular complexity index is 961.